The summed E-state index contributed by atoms with van der Waals surface area (Å²) in [4.78, 5) is 35.3. The van der Waals surface area contributed by atoms with Crippen molar-refractivity contribution in [1.82, 2.24) is 5.32 Å². The van der Waals surface area contributed by atoms with Crippen molar-refractivity contribution in [2.45, 2.75) is 11.3 Å². The highest BCUT2D eigenvalue weighted by Crippen LogP contribution is 2.20. The number of nitrogens with one attached hydrogen (secondary N) is 3. The fourth-order valence-corrected chi connectivity index (χ4v) is 4.00. The third-order valence-electron chi connectivity index (χ3n) is 4.78. The molecule has 3 rings (SSSR count). The second-order valence-corrected chi connectivity index (χ2v) is 8.97. The molecule has 0 aliphatic heterocycles. The quantitative estimate of drug-likeness (QED) is 0.388. The van der Waals surface area contributed by atoms with Gasteiger partial charge in [-0.1, -0.05) is 24.3 Å². The van der Waals surface area contributed by atoms with Crippen molar-refractivity contribution in [3.63, 3.8) is 0 Å². The Balaban J connectivity index is 1.59. The van der Waals surface area contributed by atoms with Gasteiger partial charge in [0.25, 0.3) is 15.9 Å². The molecule has 0 atom stereocenters. The average molecular weight is 500 g/mol. The van der Waals surface area contributed by atoms with Crippen LogP contribution in [0.4, 0.5) is 15.8 Å². The van der Waals surface area contributed by atoms with E-state index < -0.39 is 27.7 Å². The van der Waals surface area contributed by atoms with Crippen molar-refractivity contribution >= 4 is 39.2 Å². The minimum Gasteiger partial charge on any atom is -0.468 e. The van der Waals surface area contributed by atoms with Crippen LogP contribution in [0.25, 0.3) is 0 Å². The summed E-state index contributed by atoms with van der Waals surface area (Å²) in [6.45, 7) is -0.219. The fraction of sp³-hybridized carbons (Fsp3) is 0.125. The van der Waals surface area contributed by atoms with E-state index in [4.69, 9.17) is 0 Å². The van der Waals surface area contributed by atoms with E-state index in [-0.39, 0.29) is 35.0 Å². The summed E-state index contributed by atoms with van der Waals surface area (Å²) < 4.78 is 45.4. The van der Waals surface area contributed by atoms with Crippen molar-refractivity contribution in [3.05, 3.63) is 89.7 Å². The number of anilines is 2. The Morgan fingerprint density at radius 2 is 1.57 bits per heavy atom. The molecule has 0 saturated carbocycles. The molecule has 3 aromatic carbocycles. The molecule has 11 heteroatoms. The number of esters is 1. The lowest BCUT2D eigenvalue weighted by Crippen LogP contribution is -2.31. The van der Waals surface area contributed by atoms with Gasteiger partial charge in [-0.25, -0.2) is 12.8 Å². The van der Waals surface area contributed by atoms with E-state index in [1.165, 1.54) is 49.6 Å². The molecular formula is C24H22FN3O6S. The van der Waals surface area contributed by atoms with Crippen LogP contribution >= 0.6 is 0 Å². The Kier molecular flexibility index (Phi) is 8.16. The Labute approximate surface area is 201 Å². The van der Waals surface area contributed by atoms with E-state index in [1.807, 2.05) is 0 Å². The number of carbonyl (C=O) groups excluding carboxylic acids is 3. The molecule has 0 aliphatic carbocycles. The Hall–Kier alpha value is -4.25. The molecule has 35 heavy (non-hydrogen) atoms. The normalized spacial score (nSPS) is 10.8. The van der Waals surface area contributed by atoms with Crippen LogP contribution in [-0.2, 0) is 30.8 Å². The van der Waals surface area contributed by atoms with Crippen LogP contribution in [0.3, 0.4) is 0 Å². The number of rotatable bonds is 9. The molecule has 0 unspecified atom stereocenters. The van der Waals surface area contributed by atoms with Gasteiger partial charge in [0.05, 0.1) is 24.1 Å². The molecule has 0 saturated heterocycles. The van der Waals surface area contributed by atoms with Gasteiger partial charge < -0.3 is 15.4 Å². The standard InChI is InChI=1S/C24H22FN3O6S/c1-34-23(30)15-26-22(29)14-16-6-10-18(11-7-16)27-24(31)17-8-12-19(13-9-17)35(32,33)28-21-5-3-2-4-20(21)25/h2-13,28H,14-15H2,1H3,(H,26,29)(H,27,31). The predicted molar refractivity (Wildman–Crippen MR) is 127 cm³/mol. The fourth-order valence-electron chi connectivity index (χ4n) is 2.93. The largest absolute Gasteiger partial charge is 0.468 e. The van der Waals surface area contributed by atoms with Crippen LogP contribution in [0.2, 0.25) is 0 Å². The number of ether oxygens (including phenoxy) is 1. The average Bonchev–Trinajstić information content (AvgIpc) is 2.85. The number of benzene rings is 3. The number of hydrogen-bond acceptors (Lipinski definition) is 6. The number of halogens is 1. The van der Waals surface area contributed by atoms with E-state index in [0.717, 1.165) is 6.07 Å². The summed E-state index contributed by atoms with van der Waals surface area (Å²) in [7, 11) is -2.82. The van der Waals surface area contributed by atoms with E-state index >= 15 is 0 Å². The number of amides is 2. The minimum absolute atomic E-state index is 0.0437. The van der Waals surface area contributed by atoms with Crippen LogP contribution in [0.15, 0.2) is 77.7 Å². The predicted octanol–water partition coefficient (Wildman–Crippen LogP) is 2.71. The zero-order chi connectivity index (χ0) is 25.4. The summed E-state index contributed by atoms with van der Waals surface area (Å²) in [5.74, 6) is -2.09. The van der Waals surface area contributed by atoms with Gasteiger partial charge in [0, 0.05) is 11.3 Å². The van der Waals surface area contributed by atoms with Gasteiger partial charge >= 0.3 is 5.97 Å². The summed E-state index contributed by atoms with van der Waals surface area (Å²) in [6.07, 6.45) is 0.0437. The molecule has 0 radical (unpaired) electrons. The second-order valence-electron chi connectivity index (χ2n) is 7.29. The molecule has 3 aromatic rings. The first-order valence-electron chi connectivity index (χ1n) is 10.3. The minimum atomic E-state index is -4.04. The molecule has 9 nitrogen and oxygen atoms in total. The Morgan fingerprint density at radius 1 is 0.914 bits per heavy atom. The lowest BCUT2D eigenvalue weighted by Gasteiger charge is -2.10. The summed E-state index contributed by atoms with van der Waals surface area (Å²) >= 11 is 0. The van der Waals surface area contributed by atoms with E-state index in [1.54, 1.807) is 24.3 Å². The van der Waals surface area contributed by atoms with Crippen molar-refractivity contribution in [3.8, 4) is 0 Å². The van der Waals surface area contributed by atoms with Crippen molar-refractivity contribution < 1.29 is 31.9 Å². The number of methoxy groups -OCH3 is 1. The van der Waals surface area contributed by atoms with E-state index in [0.29, 0.717) is 11.3 Å². The SMILES string of the molecule is COC(=O)CNC(=O)Cc1ccc(NC(=O)c2ccc(S(=O)(=O)Nc3ccccc3F)cc2)cc1. The second kappa shape index (κ2) is 11.3. The van der Waals surface area contributed by atoms with Gasteiger partial charge in [-0.05, 0) is 54.1 Å². The number of sulfonamides is 1. The van der Waals surface area contributed by atoms with Gasteiger partial charge in [-0.2, -0.15) is 0 Å². The smallest absolute Gasteiger partial charge is 0.325 e. The van der Waals surface area contributed by atoms with Crippen LogP contribution in [0.1, 0.15) is 15.9 Å². The molecule has 2 amide bonds. The summed E-state index contributed by atoms with van der Waals surface area (Å²) in [5.41, 5.74) is 1.16. The molecule has 0 aromatic heterocycles. The highest BCUT2D eigenvalue weighted by Gasteiger charge is 2.17. The van der Waals surface area contributed by atoms with Gasteiger partial charge in [-0.3, -0.25) is 19.1 Å². The van der Waals surface area contributed by atoms with Gasteiger partial charge in [0.15, 0.2) is 0 Å². The first-order valence-corrected chi connectivity index (χ1v) is 11.8. The lowest BCUT2D eigenvalue weighted by atomic mass is 10.1. The van der Waals surface area contributed by atoms with Crippen molar-refractivity contribution in [2.24, 2.45) is 0 Å². The van der Waals surface area contributed by atoms with Crippen molar-refractivity contribution in [2.75, 3.05) is 23.7 Å². The van der Waals surface area contributed by atoms with E-state index in [2.05, 4.69) is 20.1 Å². The molecule has 0 spiro atoms. The van der Waals surface area contributed by atoms with Crippen LogP contribution in [0, 0.1) is 5.82 Å². The molecular weight excluding hydrogens is 477 g/mol. The number of para-hydroxylation sites is 1. The third kappa shape index (κ3) is 7.11. The monoisotopic (exact) mass is 499 g/mol. The van der Waals surface area contributed by atoms with Gasteiger partial charge in [-0.15, -0.1) is 0 Å². The maximum atomic E-state index is 13.8. The van der Waals surface area contributed by atoms with Crippen LogP contribution in [0.5, 0.6) is 0 Å². The first kappa shape index (κ1) is 25.4. The maximum absolute atomic E-state index is 13.8. The first-order chi connectivity index (χ1) is 16.7. The van der Waals surface area contributed by atoms with Crippen molar-refractivity contribution in [1.29, 1.82) is 0 Å². The highest BCUT2D eigenvalue weighted by atomic mass is 32.2. The topological polar surface area (TPSA) is 131 Å². The molecule has 0 fully saturated rings. The van der Waals surface area contributed by atoms with Gasteiger partial charge in [0.1, 0.15) is 12.4 Å². The number of carbonyl (C=O) groups is 3. The maximum Gasteiger partial charge on any atom is 0.325 e. The summed E-state index contributed by atoms with van der Waals surface area (Å²) in [6, 6.07) is 17.1. The van der Waals surface area contributed by atoms with Crippen LogP contribution < -0.4 is 15.4 Å². The Bertz CT molecular complexity index is 1330. The van der Waals surface area contributed by atoms with Crippen LogP contribution in [-0.4, -0.2) is 39.9 Å². The Morgan fingerprint density at radius 3 is 2.20 bits per heavy atom. The zero-order valence-corrected chi connectivity index (χ0v) is 19.4. The molecule has 0 aliphatic rings. The number of hydrogen-bond donors (Lipinski definition) is 3. The zero-order valence-electron chi connectivity index (χ0n) is 18.6. The molecule has 0 bridgehead atoms. The summed E-state index contributed by atoms with van der Waals surface area (Å²) in [5, 5.41) is 5.11. The molecule has 3 N–H and O–H groups in total. The highest BCUT2D eigenvalue weighted by molar-refractivity contribution is 7.92. The molecule has 0 heterocycles. The lowest BCUT2D eigenvalue weighted by molar-refractivity contribution is -0.141. The van der Waals surface area contributed by atoms with E-state index in [9.17, 15) is 27.2 Å². The molecule has 182 valence electrons. The van der Waals surface area contributed by atoms with Gasteiger partial charge in [0.2, 0.25) is 5.91 Å². The third-order valence-corrected chi connectivity index (χ3v) is 6.16.